The van der Waals surface area contributed by atoms with Gasteiger partial charge in [-0.25, -0.2) is 14.4 Å². The van der Waals surface area contributed by atoms with Gasteiger partial charge < -0.3 is 14.2 Å². The van der Waals surface area contributed by atoms with E-state index in [0.29, 0.717) is 0 Å². The number of ether oxygens (including phenoxy) is 3. The Labute approximate surface area is 109 Å². The Morgan fingerprint density at radius 1 is 1.53 bits per heavy atom. The molecule has 0 aromatic heterocycles. The highest BCUT2D eigenvalue weighted by atomic mass is 16.6. The van der Waals surface area contributed by atoms with E-state index in [1.54, 1.807) is 18.1 Å². The molecule has 100 valence electrons. The minimum Gasteiger partial charge on any atom is -0.497 e. The zero-order chi connectivity index (χ0) is 14.3. The minimum atomic E-state index is -0.984. The second kappa shape index (κ2) is 6.98. The molecule has 0 N–H and O–H groups in total. The fourth-order valence-electron chi connectivity index (χ4n) is 1.31. The van der Waals surface area contributed by atoms with Crippen molar-refractivity contribution in [3.8, 4) is 0 Å². The van der Waals surface area contributed by atoms with Crippen LogP contribution in [0.1, 0.15) is 0 Å². The Morgan fingerprint density at radius 3 is 2.84 bits per heavy atom. The summed E-state index contributed by atoms with van der Waals surface area (Å²) in [5.41, 5.74) is 0.114. The van der Waals surface area contributed by atoms with E-state index in [0.717, 1.165) is 6.08 Å². The number of methoxy groups -OCH3 is 1. The van der Waals surface area contributed by atoms with E-state index in [1.165, 1.54) is 13.2 Å². The molecule has 1 aliphatic rings. The van der Waals surface area contributed by atoms with Gasteiger partial charge in [0.15, 0.2) is 12.7 Å². The smallest absolute Gasteiger partial charge is 0.345 e. The Kier molecular flexibility index (Phi) is 5.32. The molecule has 0 aromatic rings. The number of esters is 2. The lowest BCUT2D eigenvalue weighted by atomic mass is 10.0. The lowest BCUT2D eigenvalue weighted by Gasteiger charge is -2.20. The van der Waals surface area contributed by atoms with Gasteiger partial charge >= 0.3 is 11.9 Å². The molecule has 0 saturated heterocycles. The molecule has 0 spiro atoms. The summed E-state index contributed by atoms with van der Waals surface area (Å²) in [6, 6.07) is 0. The maximum absolute atomic E-state index is 11.5. The highest BCUT2D eigenvalue weighted by molar-refractivity contribution is 5.84. The summed E-state index contributed by atoms with van der Waals surface area (Å²) in [7, 11) is 1.38. The van der Waals surface area contributed by atoms with Gasteiger partial charge in [-0.2, -0.15) is 0 Å². The molecule has 6 heteroatoms. The normalized spacial score (nSPS) is 17.0. The Bertz CT molecular complexity index is 493. The molecule has 0 fully saturated rings. The topological polar surface area (TPSA) is 78.9 Å². The number of hydrogen-bond acceptors (Lipinski definition) is 6. The highest BCUT2D eigenvalue weighted by Gasteiger charge is 2.26. The summed E-state index contributed by atoms with van der Waals surface area (Å²) in [6.07, 6.45) is 4.51. The predicted molar refractivity (Wildman–Crippen MR) is 64.5 cm³/mol. The van der Waals surface area contributed by atoms with E-state index in [4.69, 9.17) is 9.47 Å². The van der Waals surface area contributed by atoms with Crippen molar-refractivity contribution in [1.82, 2.24) is 0 Å². The Balaban J connectivity index is 2.68. The van der Waals surface area contributed by atoms with Gasteiger partial charge in [0.25, 0.3) is 0 Å². The first-order valence-corrected chi connectivity index (χ1v) is 5.28. The van der Waals surface area contributed by atoms with Crippen LogP contribution in [0, 0.1) is 0 Å². The van der Waals surface area contributed by atoms with Crippen LogP contribution < -0.4 is 0 Å². The van der Waals surface area contributed by atoms with Crippen LogP contribution in [0.3, 0.4) is 0 Å². The molecule has 1 rings (SSSR count). The maximum atomic E-state index is 11.5. The van der Waals surface area contributed by atoms with Gasteiger partial charge in [0.2, 0.25) is 0 Å². The first kappa shape index (κ1) is 14.5. The number of hydrogen-bond donors (Lipinski definition) is 0. The largest absolute Gasteiger partial charge is 0.497 e. The van der Waals surface area contributed by atoms with Crippen LogP contribution in [-0.4, -0.2) is 37.7 Å². The summed E-state index contributed by atoms with van der Waals surface area (Å²) in [5.74, 6) is 0.384. The SMILES string of the molecule is C=CC(=O)OCC(=O)OC1C(=C=O)C=CC=C1OC. The monoisotopic (exact) mass is 264 g/mol. The molecule has 0 aliphatic heterocycles. The fraction of sp³-hybridized carbons (Fsp3) is 0.231. The van der Waals surface area contributed by atoms with Gasteiger partial charge in [-0.3, -0.25) is 0 Å². The molecule has 1 atom stereocenters. The van der Waals surface area contributed by atoms with Gasteiger partial charge in [-0.05, 0) is 12.2 Å². The van der Waals surface area contributed by atoms with Crippen molar-refractivity contribution in [2.45, 2.75) is 6.10 Å². The lowest BCUT2D eigenvalue weighted by Crippen LogP contribution is -2.27. The predicted octanol–water partition coefficient (Wildman–Crippen LogP) is 0.485. The number of carbonyl (C=O) groups is 2. The number of carbonyl (C=O) groups excluding carboxylic acids is 3. The third-order valence-corrected chi connectivity index (χ3v) is 2.18. The van der Waals surface area contributed by atoms with Gasteiger partial charge in [-0.15, -0.1) is 0 Å². The molecule has 1 aliphatic carbocycles. The van der Waals surface area contributed by atoms with Crippen molar-refractivity contribution < 1.29 is 28.6 Å². The van der Waals surface area contributed by atoms with Crippen LogP contribution in [0.4, 0.5) is 0 Å². The zero-order valence-electron chi connectivity index (χ0n) is 10.3. The van der Waals surface area contributed by atoms with Crippen LogP contribution >= 0.6 is 0 Å². The molecule has 19 heavy (non-hydrogen) atoms. The van der Waals surface area contributed by atoms with E-state index < -0.39 is 24.6 Å². The van der Waals surface area contributed by atoms with Crippen LogP contribution in [0.5, 0.6) is 0 Å². The quantitative estimate of drug-likeness (QED) is 0.408. The van der Waals surface area contributed by atoms with Gasteiger partial charge in [0.1, 0.15) is 11.7 Å². The first-order valence-electron chi connectivity index (χ1n) is 5.28. The second-order valence-corrected chi connectivity index (χ2v) is 3.37. The number of rotatable bonds is 5. The Hall–Kier alpha value is -2.59. The van der Waals surface area contributed by atoms with Crippen molar-refractivity contribution in [3.63, 3.8) is 0 Å². The van der Waals surface area contributed by atoms with Crippen LogP contribution in [0.15, 0.2) is 42.2 Å². The third kappa shape index (κ3) is 3.97. The summed E-state index contributed by atoms with van der Waals surface area (Å²) < 4.78 is 14.5. The van der Waals surface area contributed by atoms with Crippen molar-refractivity contribution in [2.24, 2.45) is 0 Å². The molecule has 0 heterocycles. The molecular weight excluding hydrogens is 252 g/mol. The highest BCUT2D eigenvalue weighted by Crippen LogP contribution is 2.20. The lowest BCUT2D eigenvalue weighted by molar-refractivity contribution is -0.158. The van der Waals surface area contributed by atoms with Crippen molar-refractivity contribution in [2.75, 3.05) is 13.7 Å². The molecular formula is C13H12O6. The molecule has 0 saturated carbocycles. The van der Waals surface area contributed by atoms with Crippen LogP contribution in [-0.2, 0) is 28.6 Å². The van der Waals surface area contributed by atoms with Crippen molar-refractivity contribution in [3.05, 3.63) is 42.2 Å². The average molecular weight is 264 g/mol. The van der Waals surface area contributed by atoms with Crippen LogP contribution in [0.2, 0.25) is 0 Å². The van der Waals surface area contributed by atoms with E-state index in [1.807, 2.05) is 0 Å². The van der Waals surface area contributed by atoms with E-state index in [-0.39, 0.29) is 11.3 Å². The Morgan fingerprint density at radius 2 is 2.26 bits per heavy atom. The standard InChI is InChI=1S/C13H12O6/c1-3-11(15)18-8-12(16)19-13-9(7-14)5-4-6-10(13)17-2/h3-6,13H,1,8H2,2H3. The average Bonchev–Trinajstić information content (AvgIpc) is 2.44. The minimum absolute atomic E-state index is 0.114. The van der Waals surface area contributed by atoms with Crippen molar-refractivity contribution in [1.29, 1.82) is 0 Å². The first-order chi connectivity index (χ1) is 9.12. The molecule has 1 unspecified atom stereocenters. The molecule has 0 amide bonds. The summed E-state index contributed by atoms with van der Waals surface area (Å²) in [6.45, 7) is 2.61. The van der Waals surface area contributed by atoms with Crippen molar-refractivity contribution >= 4 is 17.9 Å². The van der Waals surface area contributed by atoms with E-state index >= 15 is 0 Å². The van der Waals surface area contributed by atoms with Gasteiger partial charge in [0, 0.05) is 6.08 Å². The fourth-order valence-corrected chi connectivity index (χ4v) is 1.31. The van der Waals surface area contributed by atoms with E-state index in [2.05, 4.69) is 11.3 Å². The van der Waals surface area contributed by atoms with E-state index in [9.17, 15) is 14.4 Å². The number of allylic oxidation sites excluding steroid dienone is 2. The maximum Gasteiger partial charge on any atom is 0.345 e. The second-order valence-electron chi connectivity index (χ2n) is 3.37. The zero-order valence-corrected chi connectivity index (χ0v) is 10.3. The molecule has 0 bridgehead atoms. The summed E-state index contributed by atoms with van der Waals surface area (Å²) >= 11 is 0. The summed E-state index contributed by atoms with van der Waals surface area (Å²) in [5, 5.41) is 0. The van der Waals surface area contributed by atoms with Gasteiger partial charge in [-0.1, -0.05) is 12.7 Å². The van der Waals surface area contributed by atoms with Crippen LogP contribution in [0.25, 0.3) is 0 Å². The molecule has 0 radical (unpaired) electrons. The third-order valence-electron chi connectivity index (χ3n) is 2.18. The summed E-state index contributed by atoms with van der Waals surface area (Å²) in [4.78, 5) is 33.0. The molecule has 0 aromatic carbocycles. The molecule has 6 nitrogen and oxygen atoms in total. The van der Waals surface area contributed by atoms with Gasteiger partial charge in [0.05, 0.1) is 12.7 Å².